The Morgan fingerprint density at radius 1 is 1.10 bits per heavy atom. The van der Waals surface area contributed by atoms with Crippen molar-refractivity contribution in [3.05, 3.63) is 86.9 Å². The molecule has 0 spiro atoms. The molecule has 2 N–H and O–H groups in total. The number of nitrogens with zero attached hydrogens (tertiary/aromatic N) is 3. The lowest BCUT2D eigenvalue weighted by molar-refractivity contribution is -0.132. The van der Waals surface area contributed by atoms with Crippen LogP contribution >= 0.6 is 11.6 Å². The zero-order chi connectivity index (χ0) is 28.6. The van der Waals surface area contributed by atoms with Crippen LogP contribution in [0.3, 0.4) is 0 Å². The minimum Gasteiger partial charge on any atom is -0.483 e. The summed E-state index contributed by atoms with van der Waals surface area (Å²) in [5.74, 6) is 1.17. The Labute approximate surface area is 239 Å². The van der Waals surface area contributed by atoms with Gasteiger partial charge < -0.3 is 20.3 Å². The van der Waals surface area contributed by atoms with Gasteiger partial charge in [-0.25, -0.2) is 4.98 Å². The van der Waals surface area contributed by atoms with Crippen LogP contribution in [0.25, 0.3) is 0 Å². The first-order chi connectivity index (χ1) is 19.2. The summed E-state index contributed by atoms with van der Waals surface area (Å²) in [5.41, 5.74) is 2.00. The smallest absolute Gasteiger partial charge is 0.293 e. The van der Waals surface area contributed by atoms with Gasteiger partial charge in [-0.15, -0.1) is 0 Å². The molecule has 212 valence electrons. The highest BCUT2D eigenvalue weighted by Crippen LogP contribution is 2.25. The van der Waals surface area contributed by atoms with E-state index in [-0.39, 0.29) is 42.9 Å². The summed E-state index contributed by atoms with van der Waals surface area (Å²) in [5, 5.41) is 6.40. The van der Waals surface area contributed by atoms with Gasteiger partial charge in [0.2, 0.25) is 5.91 Å². The Morgan fingerprint density at radius 3 is 2.55 bits per heavy atom. The van der Waals surface area contributed by atoms with E-state index < -0.39 is 0 Å². The van der Waals surface area contributed by atoms with Crippen LogP contribution in [-0.2, 0) is 29.1 Å². The van der Waals surface area contributed by atoms with Crippen LogP contribution in [0.2, 0.25) is 5.02 Å². The van der Waals surface area contributed by atoms with E-state index in [0.29, 0.717) is 40.4 Å². The second-order valence-electron chi connectivity index (χ2n) is 10.4. The van der Waals surface area contributed by atoms with Crippen LogP contribution in [0.4, 0.5) is 5.82 Å². The highest BCUT2D eigenvalue weighted by Gasteiger charge is 2.29. The van der Waals surface area contributed by atoms with Crippen LogP contribution in [-0.4, -0.2) is 52.5 Å². The number of carbonyl (C=O) groups is 2. The fourth-order valence-electron chi connectivity index (χ4n) is 4.64. The minimum atomic E-state index is -0.362. The third-order valence-corrected chi connectivity index (χ3v) is 7.53. The fraction of sp³-hybridized carbons (Fsp3) is 0.400. The molecule has 1 aliphatic heterocycles. The number of halogens is 1. The van der Waals surface area contributed by atoms with Gasteiger partial charge in [0.05, 0.1) is 0 Å². The molecular formula is C30H36ClN5O4. The average molecular weight is 566 g/mol. The first kappa shape index (κ1) is 29.1. The number of aromatic nitrogens is 2. The molecule has 1 fully saturated rings. The first-order valence-electron chi connectivity index (χ1n) is 13.5. The number of amides is 2. The fourth-order valence-corrected chi connectivity index (χ4v) is 4.84. The van der Waals surface area contributed by atoms with Crippen molar-refractivity contribution in [3.8, 4) is 5.75 Å². The highest BCUT2D eigenvalue weighted by atomic mass is 35.5. The minimum absolute atomic E-state index is 0.0677. The summed E-state index contributed by atoms with van der Waals surface area (Å²) in [6.07, 6.45) is 2.31. The molecule has 2 aromatic carbocycles. The van der Waals surface area contributed by atoms with E-state index in [4.69, 9.17) is 16.3 Å². The molecule has 1 aliphatic rings. The molecule has 10 heteroatoms. The van der Waals surface area contributed by atoms with E-state index >= 15 is 0 Å². The molecule has 1 aromatic heterocycles. The lowest BCUT2D eigenvalue weighted by Gasteiger charge is -2.18. The summed E-state index contributed by atoms with van der Waals surface area (Å²) < 4.78 is 7.23. The van der Waals surface area contributed by atoms with Gasteiger partial charge in [-0.05, 0) is 48.9 Å². The molecule has 2 heterocycles. The van der Waals surface area contributed by atoms with Crippen molar-refractivity contribution in [2.75, 3.05) is 31.6 Å². The quantitative estimate of drug-likeness (QED) is 0.367. The van der Waals surface area contributed by atoms with Crippen molar-refractivity contribution in [1.82, 2.24) is 19.8 Å². The van der Waals surface area contributed by atoms with Gasteiger partial charge >= 0.3 is 0 Å². The predicted molar refractivity (Wildman–Crippen MR) is 156 cm³/mol. The maximum absolute atomic E-state index is 13.0. The van der Waals surface area contributed by atoms with Gasteiger partial charge in [0.25, 0.3) is 11.5 Å². The van der Waals surface area contributed by atoms with Gasteiger partial charge in [-0.3, -0.25) is 19.0 Å². The monoisotopic (exact) mass is 565 g/mol. The van der Waals surface area contributed by atoms with Gasteiger partial charge in [-0.2, -0.15) is 0 Å². The third-order valence-electron chi connectivity index (χ3n) is 7.30. The van der Waals surface area contributed by atoms with Crippen LogP contribution in [0.1, 0.15) is 30.7 Å². The van der Waals surface area contributed by atoms with Gasteiger partial charge in [0, 0.05) is 48.7 Å². The number of nitrogens with one attached hydrogen (secondary N) is 2. The van der Waals surface area contributed by atoms with E-state index in [1.807, 2.05) is 35.2 Å². The topological polar surface area (TPSA) is 106 Å². The molecule has 40 heavy (non-hydrogen) atoms. The number of benzene rings is 2. The van der Waals surface area contributed by atoms with Crippen molar-refractivity contribution in [3.63, 3.8) is 0 Å². The molecular weight excluding hydrogens is 530 g/mol. The Kier molecular flexibility index (Phi) is 9.82. The normalized spacial score (nSPS) is 16.6. The zero-order valence-corrected chi connectivity index (χ0v) is 23.9. The molecule has 2 atom stereocenters. The zero-order valence-electron chi connectivity index (χ0n) is 23.2. The number of anilines is 1. The number of likely N-dealkylation sites (tertiary alicyclic amines) is 1. The SMILES string of the molecule is Cc1cnc(NCCc2ccccc2)c(=O)n1CC(=O)NCc1cc(Cl)ccc1OCC(=O)N1C[C@@H](C)[C@@H](C)C1. The lowest BCUT2D eigenvalue weighted by atomic mass is 10.0. The van der Waals surface area contributed by atoms with E-state index in [2.05, 4.69) is 29.5 Å². The Hall–Kier alpha value is -3.85. The molecule has 0 saturated carbocycles. The highest BCUT2D eigenvalue weighted by molar-refractivity contribution is 6.30. The summed E-state index contributed by atoms with van der Waals surface area (Å²) >= 11 is 6.20. The molecule has 0 aliphatic carbocycles. The second-order valence-corrected chi connectivity index (χ2v) is 10.8. The summed E-state index contributed by atoms with van der Waals surface area (Å²) in [6, 6.07) is 15.0. The average Bonchev–Trinajstić information content (AvgIpc) is 3.28. The molecule has 0 bridgehead atoms. The maximum atomic E-state index is 13.0. The predicted octanol–water partition coefficient (Wildman–Crippen LogP) is 3.67. The molecule has 1 saturated heterocycles. The second kappa shape index (κ2) is 13.5. The lowest BCUT2D eigenvalue weighted by Crippen LogP contribution is -2.35. The summed E-state index contributed by atoms with van der Waals surface area (Å²) in [4.78, 5) is 44.6. The number of hydrogen-bond donors (Lipinski definition) is 2. The number of carbonyl (C=O) groups excluding carboxylic acids is 2. The molecule has 2 amide bonds. The van der Waals surface area contributed by atoms with Crippen LogP contribution in [0, 0.1) is 18.8 Å². The number of rotatable bonds is 11. The number of aryl methyl sites for hydroxylation is 1. The first-order valence-corrected chi connectivity index (χ1v) is 13.9. The molecule has 9 nitrogen and oxygen atoms in total. The number of ether oxygens (including phenoxy) is 1. The number of hydrogen-bond acceptors (Lipinski definition) is 6. The van der Waals surface area contributed by atoms with Crippen LogP contribution in [0.15, 0.2) is 59.5 Å². The summed E-state index contributed by atoms with van der Waals surface area (Å²) in [6.45, 7) is 7.88. The van der Waals surface area contributed by atoms with Gasteiger partial charge in [-0.1, -0.05) is 55.8 Å². The molecule has 0 radical (unpaired) electrons. The van der Waals surface area contributed by atoms with E-state index in [9.17, 15) is 14.4 Å². The van der Waals surface area contributed by atoms with Crippen molar-refractivity contribution in [2.24, 2.45) is 11.8 Å². The summed E-state index contributed by atoms with van der Waals surface area (Å²) in [7, 11) is 0. The van der Waals surface area contributed by atoms with Crippen molar-refractivity contribution < 1.29 is 14.3 Å². The van der Waals surface area contributed by atoms with Crippen molar-refractivity contribution in [1.29, 1.82) is 0 Å². The van der Waals surface area contributed by atoms with E-state index in [1.54, 1.807) is 31.3 Å². The van der Waals surface area contributed by atoms with Crippen molar-refractivity contribution in [2.45, 2.75) is 40.3 Å². The maximum Gasteiger partial charge on any atom is 0.293 e. The van der Waals surface area contributed by atoms with E-state index in [0.717, 1.165) is 25.1 Å². The Bertz CT molecular complexity index is 1380. The molecule has 3 aromatic rings. The van der Waals surface area contributed by atoms with Crippen LogP contribution in [0.5, 0.6) is 5.75 Å². The molecule has 4 rings (SSSR count). The Balaban J connectivity index is 1.34. The van der Waals surface area contributed by atoms with Crippen LogP contribution < -0.4 is 20.9 Å². The van der Waals surface area contributed by atoms with Gasteiger partial charge in [0.1, 0.15) is 12.3 Å². The third kappa shape index (κ3) is 7.63. The van der Waals surface area contributed by atoms with Gasteiger partial charge in [0.15, 0.2) is 12.4 Å². The molecule has 0 unspecified atom stereocenters. The Morgan fingerprint density at radius 2 is 1.82 bits per heavy atom. The van der Waals surface area contributed by atoms with E-state index in [1.165, 1.54) is 4.57 Å². The van der Waals surface area contributed by atoms with Crippen molar-refractivity contribution >= 4 is 29.2 Å². The standard InChI is InChI=1S/C30H36ClN5O4/c1-20-16-35(17-21(20)2)28(38)19-40-26-10-9-25(31)13-24(26)15-33-27(37)18-36-22(3)14-34-29(30(36)39)32-12-11-23-7-5-4-6-8-23/h4-10,13-14,20-21H,11-12,15-19H2,1-3H3,(H,32,34)(H,33,37)/t20-,21+. The largest absolute Gasteiger partial charge is 0.483 e.